The molecule has 1 saturated heterocycles. The summed E-state index contributed by atoms with van der Waals surface area (Å²) in [5.41, 5.74) is 2.10. The minimum absolute atomic E-state index is 0. The molecule has 1 heterocycles. The largest absolute Gasteiger partial charge is 0.351 e. The van der Waals surface area contributed by atoms with E-state index in [1.165, 1.54) is 62.0 Å². The molecular formula is C20H31ClN2OS2. The number of thioether (sulfide) groups is 2. The number of halogens is 1. The Hall–Kier alpha value is -0.360. The first kappa shape index (κ1) is 21.9. The van der Waals surface area contributed by atoms with Gasteiger partial charge < -0.3 is 10.6 Å². The molecule has 0 aromatic heterocycles. The number of hydrogen-bond donors (Lipinski definition) is 2. The van der Waals surface area contributed by atoms with Gasteiger partial charge >= 0.3 is 0 Å². The molecule has 3 nitrogen and oxygen atoms in total. The summed E-state index contributed by atoms with van der Waals surface area (Å²) in [5, 5.41) is 6.64. The van der Waals surface area contributed by atoms with Gasteiger partial charge in [0.05, 0.1) is 4.58 Å². The fraction of sp³-hybridized carbons (Fsp3) is 0.650. The van der Waals surface area contributed by atoms with E-state index in [1.807, 2.05) is 35.7 Å². The number of nitrogens with one attached hydrogen (secondary N) is 2. The second-order valence-electron chi connectivity index (χ2n) is 6.95. The molecule has 146 valence electrons. The number of carbonyl (C=O) groups is 1. The van der Waals surface area contributed by atoms with Crippen molar-refractivity contribution in [3.8, 4) is 0 Å². The summed E-state index contributed by atoms with van der Waals surface area (Å²) in [5.74, 6) is 2.53. The number of rotatable bonds is 6. The quantitative estimate of drug-likeness (QED) is 0.506. The summed E-state index contributed by atoms with van der Waals surface area (Å²) in [4.78, 5) is 12.3. The molecule has 0 radical (unpaired) electrons. The van der Waals surface area contributed by atoms with Crippen LogP contribution >= 0.6 is 35.9 Å². The molecule has 3 rings (SSSR count). The van der Waals surface area contributed by atoms with E-state index < -0.39 is 0 Å². The molecule has 2 aliphatic rings. The number of hydrogen-bond acceptors (Lipinski definition) is 4. The average Bonchev–Trinajstić information content (AvgIpc) is 2.95. The van der Waals surface area contributed by atoms with Crippen LogP contribution in [0, 0.1) is 0 Å². The van der Waals surface area contributed by atoms with Crippen molar-refractivity contribution in [2.75, 3.05) is 24.6 Å². The topological polar surface area (TPSA) is 41.1 Å². The first-order valence-electron chi connectivity index (χ1n) is 9.68. The highest BCUT2D eigenvalue weighted by Gasteiger charge is 2.17. The Morgan fingerprint density at radius 2 is 1.58 bits per heavy atom. The van der Waals surface area contributed by atoms with Crippen LogP contribution in [0.3, 0.4) is 0 Å². The van der Waals surface area contributed by atoms with Gasteiger partial charge in [-0.05, 0) is 48.5 Å². The number of amides is 1. The minimum Gasteiger partial charge on any atom is -0.351 e. The first-order valence-corrected chi connectivity index (χ1v) is 11.8. The lowest BCUT2D eigenvalue weighted by Gasteiger charge is -2.21. The smallest absolute Gasteiger partial charge is 0.251 e. The molecule has 1 amide bonds. The molecule has 0 atom stereocenters. The van der Waals surface area contributed by atoms with Crippen LogP contribution in [0.5, 0.6) is 0 Å². The fourth-order valence-electron chi connectivity index (χ4n) is 3.51. The zero-order valence-corrected chi connectivity index (χ0v) is 17.8. The SMILES string of the molecule is Cl.O=C(NCCNC1CCCCCC1)c1ccc(C2SCCCS2)cc1. The molecule has 0 bridgehead atoms. The van der Waals surface area contributed by atoms with Gasteiger partial charge in [0.15, 0.2) is 0 Å². The van der Waals surface area contributed by atoms with Crippen molar-refractivity contribution in [3.63, 3.8) is 0 Å². The maximum atomic E-state index is 12.3. The van der Waals surface area contributed by atoms with Crippen LogP contribution in [0.25, 0.3) is 0 Å². The van der Waals surface area contributed by atoms with Gasteiger partial charge in [0.1, 0.15) is 0 Å². The van der Waals surface area contributed by atoms with Gasteiger partial charge in [-0.2, -0.15) is 0 Å². The standard InChI is InChI=1S/C20H30N2OS2.ClH/c23-19(22-13-12-21-18-6-3-1-2-4-7-18)16-8-10-17(11-9-16)20-24-14-5-15-25-20;/h8-11,18,20-21H,1-7,12-15H2,(H,22,23);1H. The Balaban J connectivity index is 0.00000243. The van der Waals surface area contributed by atoms with E-state index in [0.29, 0.717) is 17.2 Å². The van der Waals surface area contributed by atoms with Crippen LogP contribution in [0.4, 0.5) is 0 Å². The third-order valence-corrected chi connectivity index (χ3v) is 7.99. The highest BCUT2D eigenvalue weighted by atomic mass is 35.5. The summed E-state index contributed by atoms with van der Waals surface area (Å²) in [6.07, 6.45) is 9.31. The Morgan fingerprint density at radius 1 is 0.923 bits per heavy atom. The third kappa shape index (κ3) is 6.99. The predicted molar refractivity (Wildman–Crippen MR) is 118 cm³/mol. The lowest BCUT2D eigenvalue weighted by molar-refractivity contribution is 0.0953. The molecular weight excluding hydrogens is 384 g/mol. The van der Waals surface area contributed by atoms with Crippen molar-refractivity contribution in [3.05, 3.63) is 35.4 Å². The molecule has 1 saturated carbocycles. The van der Waals surface area contributed by atoms with Crippen LogP contribution in [-0.2, 0) is 0 Å². The van der Waals surface area contributed by atoms with E-state index in [4.69, 9.17) is 0 Å². The molecule has 1 aromatic carbocycles. The van der Waals surface area contributed by atoms with E-state index in [0.717, 1.165) is 12.1 Å². The van der Waals surface area contributed by atoms with Gasteiger partial charge in [-0.1, -0.05) is 37.8 Å². The zero-order chi connectivity index (χ0) is 17.3. The van der Waals surface area contributed by atoms with E-state index in [-0.39, 0.29) is 18.3 Å². The van der Waals surface area contributed by atoms with Crippen molar-refractivity contribution in [1.29, 1.82) is 0 Å². The average molecular weight is 415 g/mol. The Kier molecular flexibility index (Phi) is 10.3. The van der Waals surface area contributed by atoms with Gasteiger partial charge in [0.2, 0.25) is 0 Å². The van der Waals surface area contributed by atoms with E-state index in [2.05, 4.69) is 22.8 Å². The van der Waals surface area contributed by atoms with Crippen molar-refractivity contribution < 1.29 is 4.79 Å². The summed E-state index contributed by atoms with van der Waals surface area (Å²) < 4.78 is 0.537. The van der Waals surface area contributed by atoms with E-state index >= 15 is 0 Å². The molecule has 0 unspecified atom stereocenters. The van der Waals surface area contributed by atoms with Gasteiger partial charge in [0.25, 0.3) is 5.91 Å². The maximum absolute atomic E-state index is 12.3. The monoisotopic (exact) mass is 414 g/mol. The summed E-state index contributed by atoms with van der Waals surface area (Å²) in [7, 11) is 0. The summed E-state index contributed by atoms with van der Waals surface area (Å²) in [6.45, 7) is 1.56. The normalized spacial score (nSPS) is 19.4. The second-order valence-corrected chi connectivity index (χ2v) is 9.67. The number of benzene rings is 1. The molecule has 6 heteroatoms. The van der Waals surface area contributed by atoms with Crippen molar-refractivity contribution in [2.45, 2.75) is 55.6 Å². The van der Waals surface area contributed by atoms with Gasteiger partial charge in [-0.3, -0.25) is 4.79 Å². The van der Waals surface area contributed by atoms with E-state index in [1.54, 1.807) is 0 Å². The lowest BCUT2D eigenvalue weighted by atomic mass is 10.1. The maximum Gasteiger partial charge on any atom is 0.251 e. The zero-order valence-electron chi connectivity index (χ0n) is 15.4. The third-order valence-electron chi connectivity index (χ3n) is 4.97. The van der Waals surface area contributed by atoms with E-state index in [9.17, 15) is 4.79 Å². The Labute approximate surface area is 172 Å². The van der Waals surface area contributed by atoms with Crippen LogP contribution in [0.2, 0.25) is 0 Å². The second kappa shape index (κ2) is 12.2. The fourth-order valence-corrected chi connectivity index (χ4v) is 6.40. The van der Waals surface area contributed by atoms with Crippen molar-refractivity contribution >= 4 is 41.8 Å². The van der Waals surface area contributed by atoms with Crippen LogP contribution < -0.4 is 10.6 Å². The molecule has 1 aliphatic heterocycles. The Bertz CT molecular complexity index is 527. The van der Waals surface area contributed by atoms with Gasteiger partial charge in [-0.25, -0.2) is 0 Å². The molecule has 0 spiro atoms. The predicted octanol–water partition coefficient (Wildman–Crippen LogP) is 5.02. The molecule has 26 heavy (non-hydrogen) atoms. The van der Waals surface area contributed by atoms with Crippen molar-refractivity contribution in [2.24, 2.45) is 0 Å². The summed E-state index contributed by atoms with van der Waals surface area (Å²) >= 11 is 4.03. The van der Waals surface area contributed by atoms with Crippen molar-refractivity contribution in [1.82, 2.24) is 10.6 Å². The van der Waals surface area contributed by atoms with Crippen LogP contribution in [0.1, 0.15) is 65.4 Å². The molecule has 1 aliphatic carbocycles. The first-order chi connectivity index (χ1) is 12.3. The number of carbonyl (C=O) groups excluding carboxylic acids is 1. The highest BCUT2D eigenvalue weighted by molar-refractivity contribution is 8.16. The van der Waals surface area contributed by atoms with Crippen LogP contribution in [-0.4, -0.2) is 36.5 Å². The van der Waals surface area contributed by atoms with Gasteiger partial charge in [0, 0.05) is 24.7 Å². The summed E-state index contributed by atoms with van der Waals surface area (Å²) in [6, 6.07) is 8.82. The highest BCUT2D eigenvalue weighted by Crippen LogP contribution is 2.43. The Morgan fingerprint density at radius 3 is 2.23 bits per heavy atom. The molecule has 2 N–H and O–H groups in total. The van der Waals surface area contributed by atoms with Crippen LogP contribution in [0.15, 0.2) is 24.3 Å². The lowest BCUT2D eigenvalue weighted by Crippen LogP contribution is -2.36. The minimum atomic E-state index is 0. The molecule has 1 aromatic rings. The molecule has 2 fully saturated rings. The van der Waals surface area contributed by atoms with Gasteiger partial charge in [-0.15, -0.1) is 35.9 Å².